The van der Waals surface area contributed by atoms with Gasteiger partial charge in [-0.3, -0.25) is 4.79 Å². The van der Waals surface area contributed by atoms with Crippen molar-refractivity contribution in [2.45, 2.75) is 23.3 Å². The average molecular weight is 532 g/mol. The van der Waals surface area contributed by atoms with Crippen LogP contribution < -0.4 is 14.8 Å². The van der Waals surface area contributed by atoms with Crippen LogP contribution in [0.25, 0.3) is 0 Å². The van der Waals surface area contributed by atoms with E-state index in [2.05, 4.69) is 10.0 Å². The molecule has 36 heavy (non-hydrogen) atoms. The number of amides is 1. The highest BCUT2D eigenvalue weighted by Crippen LogP contribution is 2.21. The Morgan fingerprint density at radius 2 is 1.44 bits per heavy atom. The summed E-state index contributed by atoms with van der Waals surface area (Å²) in [6.45, 7) is 1.35. The molecule has 11 heteroatoms. The van der Waals surface area contributed by atoms with Gasteiger partial charge < -0.3 is 10.1 Å². The lowest BCUT2D eigenvalue weighted by Gasteiger charge is -2.22. The van der Waals surface area contributed by atoms with Crippen molar-refractivity contribution < 1.29 is 26.4 Å². The van der Waals surface area contributed by atoms with E-state index in [4.69, 9.17) is 4.74 Å². The van der Waals surface area contributed by atoms with Gasteiger partial charge >= 0.3 is 0 Å². The normalized spacial score (nSPS) is 11.9. The molecular weight excluding hydrogens is 502 g/mol. The standard InChI is InChI=1S/C25H29N3O6S2/c1-20-8-12-23(13-9-20)35(30,31)27-17-16-26-25(29)19-28(18-21-6-4-3-5-7-21)36(32,33)24-14-10-22(34-2)11-15-24/h3-15,27H,16-19H2,1-2H3,(H,26,29). The van der Waals surface area contributed by atoms with Crippen LogP contribution in [0.5, 0.6) is 5.75 Å². The van der Waals surface area contributed by atoms with E-state index in [1.54, 1.807) is 36.4 Å². The van der Waals surface area contributed by atoms with Crippen molar-refractivity contribution in [1.29, 1.82) is 0 Å². The lowest BCUT2D eigenvalue weighted by molar-refractivity contribution is -0.121. The molecule has 1 amide bonds. The maximum absolute atomic E-state index is 13.3. The Bertz CT molecular complexity index is 1360. The van der Waals surface area contributed by atoms with Crippen molar-refractivity contribution in [3.63, 3.8) is 0 Å². The van der Waals surface area contributed by atoms with Crippen molar-refractivity contribution in [2.75, 3.05) is 26.7 Å². The average Bonchev–Trinajstić information content (AvgIpc) is 2.87. The number of nitrogens with zero attached hydrogens (tertiary/aromatic N) is 1. The quantitative estimate of drug-likeness (QED) is 0.346. The van der Waals surface area contributed by atoms with Gasteiger partial charge in [0.25, 0.3) is 0 Å². The molecule has 2 N–H and O–H groups in total. The zero-order valence-corrected chi connectivity index (χ0v) is 21.7. The van der Waals surface area contributed by atoms with E-state index in [1.807, 2.05) is 13.0 Å². The highest BCUT2D eigenvalue weighted by Gasteiger charge is 2.27. The number of methoxy groups -OCH3 is 1. The van der Waals surface area contributed by atoms with Crippen LogP contribution in [-0.2, 0) is 31.4 Å². The zero-order chi connectivity index (χ0) is 26.2. The first-order chi connectivity index (χ1) is 17.1. The van der Waals surface area contributed by atoms with E-state index in [9.17, 15) is 21.6 Å². The number of hydrogen-bond donors (Lipinski definition) is 2. The van der Waals surface area contributed by atoms with E-state index in [1.165, 1.54) is 43.5 Å². The largest absolute Gasteiger partial charge is 0.497 e. The summed E-state index contributed by atoms with van der Waals surface area (Å²) in [5, 5.41) is 2.58. The van der Waals surface area contributed by atoms with Crippen LogP contribution in [0.15, 0.2) is 88.7 Å². The third kappa shape index (κ3) is 7.37. The molecule has 0 fully saturated rings. The maximum atomic E-state index is 13.3. The summed E-state index contributed by atoms with van der Waals surface area (Å²) in [6.07, 6.45) is 0. The van der Waals surface area contributed by atoms with E-state index >= 15 is 0 Å². The summed E-state index contributed by atoms with van der Waals surface area (Å²) < 4.78 is 60.0. The van der Waals surface area contributed by atoms with Crippen LogP contribution in [-0.4, -0.2) is 53.8 Å². The first-order valence-corrected chi connectivity index (χ1v) is 14.1. The fourth-order valence-electron chi connectivity index (χ4n) is 3.31. The molecule has 0 saturated heterocycles. The molecule has 0 radical (unpaired) electrons. The van der Waals surface area contributed by atoms with Crippen molar-refractivity contribution in [3.8, 4) is 5.75 Å². The second kappa shape index (κ2) is 12.1. The third-order valence-electron chi connectivity index (χ3n) is 5.29. The molecule has 0 bridgehead atoms. The molecule has 0 unspecified atom stereocenters. The second-order valence-electron chi connectivity index (χ2n) is 8.00. The molecule has 0 atom stereocenters. The highest BCUT2D eigenvalue weighted by molar-refractivity contribution is 7.89. The number of aryl methyl sites for hydroxylation is 1. The zero-order valence-electron chi connectivity index (χ0n) is 20.0. The number of nitrogens with one attached hydrogen (secondary N) is 2. The molecule has 0 aliphatic rings. The van der Waals surface area contributed by atoms with Crippen molar-refractivity contribution in [2.24, 2.45) is 0 Å². The van der Waals surface area contributed by atoms with Gasteiger partial charge in [-0.05, 0) is 48.9 Å². The summed E-state index contributed by atoms with van der Waals surface area (Å²) in [4.78, 5) is 12.8. The first kappa shape index (κ1) is 27.3. The number of ether oxygens (including phenoxy) is 1. The summed E-state index contributed by atoms with van der Waals surface area (Å²) in [6, 6.07) is 21.2. The molecule has 3 aromatic carbocycles. The predicted octanol–water partition coefficient (Wildman–Crippen LogP) is 2.29. The molecule has 0 saturated carbocycles. The molecule has 0 aromatic heterocycles. The molecule has 0 heterocycles. The minimum absolute atomic E-state index is 0.00825. The minimum atomic E-state index is -4.01. The Hall–Kier alpha value is -3.25. The Morgan fingerprint density at radius 1 is 0.833 bits per heavy atom. The monoisotopic (exact) mass is 531 g/mol. The lowest BCUT2D eigenvalue weighted by atomic mass is 10.2. The van der Waals surface area contributed by atoms with Gasteiger partial charge in [-0.2, -0.15) is 4.31 Å². The van der Waals surface area contributed by atoms with Gasteiger partial charge in [0.05, 0.1) is 23.4 Å². The number of rotatable bonds is 12. The smallest absolute Gasteiger partial charge is 0.243 e. The van der Waals surface area contributed by atoms with E-state index in [-0.39, 0.29) is 29.4 Å². The number of carbonyl (C=O) groups excluding carboxylic acids is 1. The van der Waals surface area contributed by atoms with Crippen LogP contribution >= 0.6 is 0 Å². The Labute approximate surface area is 212 Å². The fraction of sp³-hybridized carbons (Fsp3) is 0.240. The van der Waals surface area contributed by atoms with E-state index < -0.39 is 32.5 Å². The van der Waals surface area contributed by atoms with Crippen LogP contribution in [0.3, 0.4) is 0 Å². The minimum Gasteiger partial charge on any atom is -0.497 e. The molecule has 0 aliphatic carbocycles. The van der Waals surface area contributed by atoms with Gasteiger partial charge in [-0.15, -0.1) is 0 Å². The molecule has 0 aliphatic heterocycles. The fourth-order valence-corrected chi connectivity index (χ4v) is 5.73. The van der Waals surface area contributed by atoms with Crippen LogP contribution in [0, 0.1) is 6.92 Å². The Kier molecular flexibility index (Phi) is 9.21. The molecule has 3 aromatic rings. The number of benzene rings is 3. The summed E-state index contributed by atoms with van der Waals surface area (Å²) in [5.41, 5.74) is 1.65. The SMILES string of the molecule is COc1ccc(S(=O)(=O)N(CC(=O)NCCNS(=O)(=O)c2ccc(C)cc2)Cc2ccccc2)cc1. The predicted molar refractivity (Wildman–Crippen MR) is 136 cm³/mol. The van der Waals surface area contributed by atoms with Crippen molar-refractivity contribution in [3.05, 3.63) is 90.0 Å². The maximum Gasteiger partial charge on any atom is 0.243 e. The van der Waals surface area contributed by atoms with Gasteiger partial charge in [-0.1, -0.05) is 48.0 Å². The first-order valence-electron chi connectivity index (χ1n) is 11.1. The highest BCUT2D eigenvalue weighted by atomic mass is 32.2. The molecular formula is C25H29N3O6S2. The summed E-state index contributed by atoms with van der Waals surface area (Å²) in [7, 11) is -6.25. The number of carbonyl (C=O) groups is 1. The van der Waals surface area contributed by atoms with Gasteiger partial charge in [-0.25, -0.2) is 21.6 Å². The lowest BCUT2D eigenvalue weighted by Crippen LogP contribution is -2.42. The number of hydrogen-bond acceptors (Lipinski definition) is 6. The van der Waals surface area contributed by atoms with Crippen LogP contribution in [0.1, 0.15) is 11.1 Å². The summed E-state index contributed by atoms with van der Waals surface area (Å²) >= 11 is 0. The third-order valence-corrected chi connectivity index (χ3v) is 8.57. The van der Waals surface area contributed by atoms with Crippen LogP contribution in [0.4, 0.5) is 0 Å². The molecule has 192 valence electrons. The van der Waals surface area contributed by atoms with Gasteiger partial charge in [0.2, 0.25) is 26.0 Å². The molecule has 9 nitrogen and oxygen atoms in total. The van der Waals surface area contributed by atoms with Crippen LogP contribution in [0.2, 0.25) is 0 Å². The van der Waals surface area contributed by atoms with E-state index in [0.29, 0.717) is 11.3 Å². The molecule has 0 spiro atoms. The topological polar surface area (TPSA) is 122 Å². The van der Waals surface area contributed by atoms with Crippen molar-refractivity contribution >= 4 is 26.0 Å². The van der Waals surface area contributed by atoms with Gasteiger partial charge in [0.15, 0.2) is 0 Å². The molecule has 3 rings (SSSR count). The van der Waals surface area contributed by atoms with Gasteiger partial charge in [0.1, 0.15) is 5.75 Å². The second-order valence-corrected chi connectivity index (χ2v) is 11.7. The summed E-state index contributed by atoms with van der Waals surface area (Å²) in [5.74, 6) is -0.0491. The Balaban J connectivity index is 1.65. The Morgan fingerprint density at radius 3 is 2.06 bits per heavy atom. The van der Waals surface area contributed by atoms with E-state index in [0.717, 1.165) is 9.87 Å². The van der Waals surface area contributed by atoms with Crippen molar-refractivity contribution in [1.82, 2.24) is 14.3 Å². The number of sulfonamides is 2. The van der Waals surface area contributed by atoms with Gasteiger partial charge in [0, 0.05) is 19.6 Å².